The average Bonchev–Trinajstić information content (AvgIpc) is 2.95. The third kappa shape index (κ3) is 4.06. The van der Waals surface area contributed by atoms with Crippen LogP contribution in [0, 0.1) is 13.8 Å². The van der Waals surface area contributed by atoms with Crippen LogP contribution >= 0.6 is 0 Å². The van der Waals surface area contributed by atoms with Gasteiger partial charge in [-0.2, -0.15) is 0 Å². The molecule has 1 aromatic heterocycles. The van der Waals surface area contributed by atoms with E-state index in [0.29, 0.717) is 36.7 Å². The van der Waals surface area contributed by atoms with Crippen LogP contribution in [-0.2, 0) is 16.1 Å². The Balaban J connectivity index is 1.56. The molecule has 0 saturated carbocycles. The summed E-state index contributed by atoms with van der Waals surface area (Å²) in [4.78, 5) is 26.1. The van der Waals surface area contributed by atoms with Crippen LogP contribution in [0.5, 0.6) is 0 Å². The van der Waals surface area contributed by atoms with E-state index in [1.54, 1.807) is 18.7 Å². The molecule has 1 N–H and O–H groups in total. The first-order valence-corrected chi connectivity index (χ1v) is 8.19. The lowest BCUT2D eigenvalue weighted by atomic mass is 10.1. The largest absolute Gasteiger partial charge is 0.365 e. The number of aromatic nitrogens is 1. The second-order valence-corrected chi connectivity index (χ2v) is 6.10. The summed E-state index contributed by atoms with van der Waals surface area (Å²) in [6.07, 6.45) is -0.245. The molecule has 1 atom stereocenters. The van der Waals surface area contributed by atoms with Crippen molar-refractivity contribution in [3.63, 3.8) is 0 Å². The van der Waals surface area contributed by atoms with Crippen molar-refractivity contribution in [2.45, 2.75) is 26.5 Å². The fourth-order valence-electron chi connectivity index (χ4n) is 2.86. The highest BCUT2D eigenvalue weighted by molar-refractivity contribution is 5.96. The van der Waals surface area contributed by atoms with E-state index in [0.717, 1.165) is 5.56 Å². The van der Waals surface area contributed by atoms with E-state index in [9.17, 15) is 9.59 Å². The number of ether oxygens (including phenoxy) is 1. The van der Waals surface area contributed by atoms with Gasteiger partial charge in [-0.25, -0.2) is 0 Å². The molecule has 0 bridgehead atoms. The maximum absolute atomic E-state index is 12.3. The number of morpholine rings is 1. The van der Waals surface area contributed by atoms with Gasteiger partial charge in [-0.05, 0) is 19.4 Å². The zero-order chi connectivity index (χ0) is 17.8. The Kier molecular flexibility index (Phi) is 5.14. The Morgan fingerprint density at radius 3 is 2.76 bits per heavy atom. The van der Waals surface area contributed by atoms with Gasteiger partial charge in [0.05, 0.1) is 11.8 Å². The van der Waals surface area contributed by atoms with Crippen LogP contribution in [0.2, 0.25) is 0 Å². The molecule has 2 aromatic rings. The van der Waals surface area contributed by atoms with Crippen molar-refractivity contribution in [2.24, 2.45) is 0 Å². The predicted octanol–water partition coefficient (Wildman–Crippen LogP) is 1.45. The molecule has 25 heavy (non-hydrogen) atoms. The average molecular weight is 343 g/mol. The standard InChI is InChI=1S/C18H21N3O4/c1-12-17(13(2)25-20-12)18(23)19-8-15-10-21(16(22)11-24-15)9-14-6-4-3-5-7-14/h3-7,15H,8-11H2,1-2H3,(H,19,23). The second kappa shape index (κ2) is 7.48. The Labute approximate surface area is 145 Å². The first-order chi connectivity index (χ1) is 12.0. The second-order valence-electron chi connectivity index (χ2n) is 6.10. The lowest BCUT2D eigenvalue weighted by molar-refractivity contribution is -0.149. The van der Waals surface area contributed by atoms with Crippen LogP contribution in [-0.4, -0.2) is 47.7 Å². The summed E-state index contributed by atoms with van der Waals surface area (Å²) in [5.74, 6) is 0.198. The maximum atomic E-state index is 12.3. The fourth-order valence-corrected chi connectivity index (χ4v) is 2.86. The number of amides is 2. The summed E-state index contributed by atoms with van der Waals surface area (Å²) in [7, 11) is 0. The van der Waals surface area contributed by atoms with Crippen molar-refractivity contribution in [2.75, 3.05) is 19.7 Å². The molecule has 0 spiro atoms. The summed E-state index contributed by atoms with van der Waals surface area (Å²) in [5, 5.41) is 6.61. The molecule has 1 aromatic carbocycles. The first-order valence-electron chi connectivity index (χ1n) is 8.19. The molecule has 2 heterocycles. The number of nitrogens with zero attached hydrogens (tertiary/aromatic N) is 2. The minimum absolute atomic E-state index is 0.0265. The molecular weight excluding hydrogens is 322 g/mol. The molecule has 132 valence electrons. The Morgan fingerprint density at radius 1 is 1.32 bits per heavy atom. The number of nitrogens with one attached hydrogen (secondary N) is 1. The van der Waals surface area contributed by atoms with E-state index in [4.69, 9.17) is 9.26 Å². The molecule has 7 nitrogen and oxygen atoms in total. The lowest BCUT2D eigenvalue weighted by Gasteiger charge is -2.33. The van der Waals surface area contributed by atoms with Crippen LogP contribution in [0.3, 0.4) is 0 Å². The highest BCUT2D eigenvalue weighted by atomic mass is 16.5. The van der Waals surface area contributed by atoms with Crippen LogP contribution < -0.4 is 5.32 Å². The van der Waals surface area contributed by atoms with Crippen LogP contribution in [0.15, 0.2) is 34.9 Å². The van der Waals surface area contributed by atoms with E-state index < -0.39 is 0 Å². The molecule has 0 radical (unpaired) electrons. The van der Waals surface area contributed by atoms with Gasteiger partial charge in [0.25, 0.3) is 5.91 Å². The molecular formula is C18H21N3O4. The maximum Gasteiger partial charge on any atom is 0.256 e. The number of hydrogen-bond donors (Lipinski definition) is 1. The van der Waals surface area contributed by atoms with Crippen molar-refractivity contribution >= 4 is 11.8 Å². The summed E-state index contributed by atoms with van der Waals surface area (Å²) < 4.78 is 10.6. The van der Waals surface area contributed by atoms with Crippen LogP contribution in [0.4, 0.5) is 0 Å². The SMILES string of the molecule is Cc1noc(C)c1C(=O)NCC1CN(Cc2ccccc2)C(=O)CO1. The first kappa shape index (κ1) is 17.2. The number of aryl methyl sites for hydroxylation is 2. The van der Waals surface area contributed by atoms with Gasteiger partial charge < -0.3 is 19.5 Å². The Morgan fingerprint density at radius 2 is 2.08 bits per heavy atom. The van der Waals surface area contributed by atoms with Gasteiger partial charge in [-0.3, -0.25) is 9.59 Å². The zero-order valence-corrected chi connectivity index (χ0v) is 14.3. The van der Waals surface area contributed by atoms with Gasteiger partial charge in [-0.1, -0.05) is 35.5 Å². The third-order valence-electron chi connectivity index (χ3n) is 4.19. The molecule has 1 aliphatic heterocycles. The van der Waals surface area contributed by atoms with E-state index >= 15 is 0 Å². The molecule has 1 saturated heterocycles. The van der Waals surface area contributed by atoms with Crippen molar-refractivity contribution in [3.05, 3.63) is 52.9 Å². The molecule has 1 unspecified atom stereocenters. The molecule has 7 heteroatoms. The minimum Gasteiger partial charge on any atom is -0.365 e. The Hall–Kier alpha value is -2.67. The number of hydrogen-bond acceptors (Lipinski definition) is 5. The zero-order valence-electron chi connectivity index (χ0n) is 14.3. The van der Waals surface area contributed by atoms with E-state index in [2.05, 4.69) is 10.5 Å². The van der Waals surface area contributed by atoms with Crippen molar-refractivity contribution < 1.29 is 18.8 Å². The lowest BCUT2D eigenvalue weighted by Crippen LogP contribution is -2.50. The molecule has 0 aliphatic carbocycles. The van der Waals surface area contributed by atoms with Crippen LogP contribution in [0.1, 0.15) is 27.4 Å². The normalized spacial score (nSPS) is 17.6. The smallest absolute Gasteiger partial charge is 0.256 e. The van der Waals surface area contributed by atoms with Gasteiger partial charge in [0.2, 0.25) is 5.91 Å². The van der Waals surface area contributed by atoms with Crippen molar-refractivity contribution in [3.8, 4) is 0 Å². The Bertz CT molecular complexity index is 737. The molecule has 3 rings (SSSR count). The predicted molar refractivity (Wildman–Crippen MR) is 89.9 cm³/mol. The number of carbonyl (C=O) groups is 2. The summed E-state index contributed by atoms with van der Waals surface area (Å²) in [6.45, 7) is 4.75. The van der Waals surface area contributed by atoms with Crippen LogP contribution in [0.25, 0.3) is 0 Å². The summed E-state index contributed by atoms with van der Waals surface area (Å²) >= 11 is 0. The number of benzene rings is 1. The van der Waals surface area contributed by atoms with E-state index in [1.165, 1.54) is 0 Å². The molecule has 1 aliphatic rings. The van der Waals surface area contributed by atoms with Gasteiger partial charge in [0.1, 0.15) is 17.9 Å². The number of rotatable bonds is 5. The quantitative estimate of drug-likeness (QED) is 0.888. The summed E-state index contributed by atoms with van der Waals surface area (Å²) in [6, 6.07) is 9.80. The minimum atomic E-state index is -0.245. The monoisotopic (exact) mass is 343 g/mol. The van der Waals surface area contributed by atoms with E-state index in [-0.39, 0.29) is 24.5 Å². The highest BCUT2D eigenvalue weighted by Gasteiger charge is 2.27. The van der Waals surface area contributed by atoms with Gasteiger partial charge >= 0.3 is 0 Å². The molecule has 1 fully saturated rings. The summed E-state index contributed by atoms with van der Waals surface area (Å²) in [5.41, 5.74) is 2.07. The number of carbonyl (C=O) groups excluding carboxylic acids is 2. The van der Waals surface area contributed by atoms with Crippen molar-refractivity contribution in [1.29, 1.82) is 0 Å². The van der Waals surface area contributed by atoms with Gasteiger partial charge in [0.15, 0.2) is 0 Å². The fraction of sp³-hybridized carbons (Fsp3) is 0.389. The van der Waals surface area contributed by atoms with Crippen molar-refractivity contribution in [1.82, 2.24) is 15.4 Å². The van der Waals surface area contributed by atoms with Gasteiger partial charge in [0, 0.05) is 19.6 Å². The third-order valence-corrected chi connectivity index (χ3v) is 4.19. The topological polar surface area (TPSA) is 84.7 Å². The molecule has 2 amide bonds. The van der Waals surface area contributed by atoms with Gasteiger partial charge in [-0.15, -0.1) is 0 Å². The highest BCUT2D eigenvalue weighted by Crippen LogP contribution is 2.13. The van der Waals surface area contributed by atoms with E-state index in [1.807, 2.05) is 30.3 Å².